The van der Waals surface area contributed by atoms with Gasteiger partial charge < -0.3 is 15.4 Å². The van der Waals surface area contributed by atoms with Gasteiger partial charge >= 0.3 is 6.03 Å². The first-order valence-electron chi connectivity index (χ1n) is 7.71. The molecule has 0 radical (unpaired) electrons. The summed E-state index contributed by atoms with van der Waals surface area (Å²) in [7, 11) is 1.57. The second-order valence-electron chi connectivity index (χ2n) is 5.22. The summed E-state index contributed by atoms with van der Waals surface area (Å²) in [5.41, 5.74) is 1.35. The maximum atomic E-state index is 11.9. The summed E-state index contributed by atoms with van der Waals surface area (Å²) in [6.07, 6.45) is 0. The highest BCUT2D eigenvalue weighted by molar-refractivity contribution is 6.31. The predicted octanol–water partition coefficient (Wildman–Crippen LogP) is 4.53. The minimum absolute atomic E-state index is 0.321. The number of urea groups is 1. The molecule has 2 aromatic carbocycles. The lowest BCUT2D eigenvalue weighted by atomic mass is 10.3. The summed E-state index contributed by atoms with van der Waals surface area (Å²) in [4.78, 5) is 11.9. The number of aromatic nitrogens is 2. The second-order valence-corrected chi connectivity index (χ2v) is 5.66. The third-order valence-electron chi connectivity index (χ3n) is 3.36. The number of hydrogen-bond acceptors (Lipinski definition) is 5. The van der Waals surface area contributed by atoms with Gasteiger partial charge in [0.05, 0.1) is 12.8 Å². The number of methoxy groups -OCH3 is 1. The molecule has 0 bridgehead atoms. The van der Waals surface area contributed by atoms with E-state index in [9.17, 15) is 4.79 Å². The van der Waals surface area contributed by atoms with Crippen LogP contribution in [0, 0.1) is 0 Å². The number of para-hydroxylation sites is 1. The van der Waals surface area contributed by atoms with Gasteiger partial charge in [-0.2, -0.15) is 0 Å². The van der Waals surface area contributed by atoms with Gasteiger partial charge in [0.2, 0.25) is 0 Å². The van der Waals surface area contributed by atoms with Crippen LogP contribution >= 0.6 is 11.6 Å². The lowest BCUT2D eigenvalue weighted by molar-refractivity contribution is 0.262. The van der Waals surface area contributed by atoms with E-state index in [1.54, 1.807) is 49.6 Å². The van der Waals surface area contributed by atoms with Gasteiger partial charge in [0, 0.05) is 10.7 Å². The lowest BCUT2D eigenvalue weighted by Gasteiger charge is -2.11. The monoisotopic (exact) mass is 369 g/mol. The van der Waals surface area contributed by atoms with E-state index in [1.807, 2.05) is 18.2 Å². The van der Waals surface area contributed by atoms with Crippen LogP contribution in [0.25, 0.3) is 0 Å². The van der Waals surface area contributed by atoms with Crippen LogP contribution in [-0.4, -0.2) is 23.3 Å². The van der Waals surface area contributed by atoms with Gasteiger partial charge in [-0.25, -0.2) is 4.79 Å². The molecular weight excluding hydrogens is 354 g/mol. The SMILES string of the molecule is COc1ccc(Cl)cc1Nc1ccc(NC(=O)Nc2ccccc2)nn1. The van der Waals surface area contributed by atoms with Gasteiger partial charge in [-0.1, -0.05) is 29.8 Å². The number of amides is 2. The normalized spacial score (nSPS) is 10.1. The van der Waals surface area contributed by atoms with Gasteiger partial charge in [0.1, 0.15) is 5.75 Å². The fourth-order valence-electron chi connectivity index (χ4n) is 2.18. The first-order valence-corrected chi connectivity index (χ1v) is 8.09. The van der Waals surface area contributed by atoms with Crippen LogP contribution in [0.4, 0.5) is 27.8 Å². The first kappa shape index (κ1) is 17.5. The minimum atomic E-state index is -0.400. The van der Waals surface area contributed by atoms with Crippen molar-refractivity contribution >= 4 is 40.6 Å². The van der Waals surface area contributed by atoms with E-state index >= 15 is 0 Å². The Balaban J connectivity index is 1.63. The standard InChI is InChI=1S/C18H16ClN5O2/c1-26-15-8-7-12(19)11-14(15)21-16-9-10-17(24-23-16)22-18(25)20-13-5-3-2-4-6-13/h2-11H,1H3,(H,21,23)(H2,20,22,24,25). The number of anilines is 4. The molecule has 0 saturated carbocycles. The van der Waals surface area contributed by atoms with Crippen LogP contribution in [0.2, 0.25) is 5.02 Å². The summed E-state index contributed by atoms with van der Waals surface area (Å²) in [6, 6.07) is 17.2. The fourth-order valence-corrected chi connectivity index (χ4v) is 2.35. The average molecular weight is 370 g/mol. The van der Waals surface area contributed by atoms with Crippen molar-refractivity contribution in [1.82, 2.24) is 10.2 Å². The Bertz CT molecular complexity index is 888. The molecule has 8 heteroatoms. The Morgan fingerprint density at radius 3 is 2.38 bits per heavy atom. The highest BCUT2D eigenvalue weighted by atomic mass is 35.5. The zero-order chi connectivity index (χ0) is 18.4. The van der Waals surface area contributed by atoms with Crippen LogP contribution in [0.5, 0.6) is 5.75 Å². The number of benzene rings is 2. The number of carbonyl (C=O) groups excluding carboxylic acids is 1. The van der Waals surface area contributed by atoms with E-state index in [1.165, 1.54) is 0 Å². The third kappa shape index (κ3) is 4.61. The van der Waals surface area contributed by atoms with Gasteiger partial charge in [-0.05, 0) is 42.5 Å². The van der Waals surface area contributed by atoms with Gasteiger partial charge in [-0.3, -0.25) is 5.32 Å². The number of hydrogen-bond donors (Lipinski definition) is 3. The van der Waals surface area contributed by atoms with Crippen molar-refractivity contribution < 1.29 is 9.53 Å². The molecule has 0 aliphatic carbocycles. The molecule has 3 N–H and O–H groups in total. The quantitative estimate of drug-likeness (QED) is 0.615. The fraction of sp³-hybridized carbons (Fsp3) is 0.0556. The van der Waals surface area contributed by atoms with Crippen molar-refractivity contribution in [2.75, 3.05) is 23.1 Å². The van der Waals surface area contributed by atoms with E-state index in [2.05, 4.69) is 26.1 Å². The largest absolute Gasteiger partial charge is 0.495 e. The van der Waals surface area contributed by atoms with E-state index in [0.717, 1.165) is 0 Å². The molecule has 1 heterocycles. The number of nitrogens with zero attached hydrogens (tertiary/aromatic N) is 2. The Kier molecular flexibility index (Phi) is 5.50. The Morgan fingerprint density at radius 2 is 1.69 bits per heavy atom. The average Bonchev–Trinajstić information content (AvgIpc) is 2.64. The topological polar surface area (TPSA) is 88.2 Å². The van der Waals surface area contributed by atoms with Crippen molar-refractivity contribution in [3.63, 3.8) is 0 Å². The van der Waals surface area contributed by atoms with Crippen LogP contribution < -0.4 is 20.7 Å². The van der Waals surface area contributed by atoms with Crippen molar-refractivity contribution in [3.8, 4) is 5.75 Å². The molecule has 0 aliphatic rings. The first-order chi connectivity index (χ1) is 12.6. The third-order valence-corrected chi connectivity index (χ3v) is 3.60. The minimum Gasteiger partial charge on any atom is -0.495 e. The van der Waals surface area contributed by atoms with E-state index in [4.69, 9.17) is 16.3 Å². The molecule has 0 saturated heterocycles. The zero-order valence-corrected chi connectivity index (χ0v) is 14.6. The molecule has 0 spiro atoms. The molecule has 132 valence electrons. The molecule has 3 rings (SSSR count). The van der Waals surface area contributed by atoms with E-state index in [0.29, 0.717) is 33.8 Å². The van der Waals surface area contributed by atoms with Gasteiger partial charge in [-0.15, -0.1) is 10.2 Å². The zero-order valence-electron chi connectivity index (χ0n) is 13.9. The van der Waals surface area contributed by atoms with Crippen LogP contribution in [0.3, 0.4) is 0 Å². The van der Waals surface area contributed by atoms with Gasteiger partial charge in [0.15, 0.2) is 11.6 Å². The smallest absolute Gasteiger partial charge is 0.324 e. The summed E-state index contributed by atoms with van der Waals surface area (Å²) >= 11 is 6.00. The van der Waals surface area contributed by atoms with Crippen molar-refractivity contribution in [2.45, 2.75) is 0 Å². The predicted molar refractivity (Wildman–Crippen MR) is 102 cm³/mol. The van der Waals surface area contributed by atoms with Crippen molar-refractivity contribution in [2.24, 2.45) is 0 Å². The summed E-state index contributed by atoms with van der Waals surface area (Å²) in [6.45, 7) is 0. The Hall–Kier alpha value is -3.32. The van der Waals surface area contributed by atoms with Crippen LogP contribution in [0.15, 0.2) is 60.7 Å². The molecule has 3 aromatic rings. The van der Waals surface area contributed by atoms with Crippen molar-refractivity contribution in [1.29, 1.82) is 0 Å². The highest BCUT2D eigenvalue weighted by Gasteiger charge is 2.07. The summed E-state index contributed by atoms with van der Waals surface area (Å²) in [5.74, 6) is 1.43. The van der Waals surface area contributed by atoms with E-state index in [-0.39, 0.29) is 0 Å². The lowest BCUT2D eigenvalue weighted by Crippen LogP contribution is -2.20. The molecular formula is C18H16ClN5O2. The summed E-state index contributed by atoms with van der Waals surface area (Å²) < 4.78 is 5.27. The van der Waals surface area contributed by atoms with Crippen molar-refractivity contribution in [3.05, 3.63) is 65.7 Å². The Labute approximate surface area is 155 Å². The molecule has 2 amide bonds. The number of ether oxygens (including phenoxy) is 1. The second kappa shape index (κ2) is 8.17. The molecule has 0 unspecified atom stereocenters. The molecule has 26 heavy (non-hydrogen) atoms. The van der Waals surface area contributed by atoms with Crippen LogP contribution in [-0.2, 0) is 0 Å². The molecule has 0 aliphatic heterocycles. The number of halogens is 1. The molecule has 7 nitrogen and oxygen atoms in total. The number of nitrogens with one attached hydrogen (secondary N) is 3. The molecule has 0 fully saturated rings. The molecule has 0 atom stereocenters. The van der Waals surface area contributed by atoms with E-state index < -0.39 is 6.03 Å². The summed E-state index contributed by atoms with van der Waals surface area (Å²) in [5, 5.41) is 17.0. The maximum absolute atomic E-state index is 11.9. The van der Waals surface area contributed by atoms with Crippen LogP contribution in [0.1, 0.15) is 0 Å². The Morgan fingerprint density at radius 1 is 0.962 bits per heavy atom. The van der Waals surface area contributed by atoms with Gasteiger partial charge in [0.25, 0.3) is 0 Å². The number of rotatable bonds is 5. The number of carbonyl (C=O) groups is 1. The highest BCUT2D eigenvalue weighted by Crippen LogP contribution is 2.29. The molecule has 1 aromatic heterocycles. The maximum Gasteiger partial charge on any atom is 0.324 e.